The summed E-state index contributed by atoms with van der Waals surface area (Å²) < 4.78 is 5.41. The van der Waals surface area contributed by atoms with Crippen molar-refractivity contribution in [2.75, 3.05) is 23.9 Å². The summed E-state index contributed by atoms with van der Waals surface area (Å²) in [6.07, 6.45) is 1.53. The van der Waals surface area contributed by atoms with Gasteiger partial charge in [-0.05, 0) is 56.1 Å². The average molecular weight is 462 g/mol. The molecule has 0 radical (unpaired) electrons. The normalized spacial score (nSPS) is 29.4. The molecule has 3 amide bonds. The van der Waals surface area contributed by atoms with E-state index >= 15 is 0 Å². The van der Waals surface area contributed by atoms with Crippen LogP contribution in [-0.4, -0.2) is 47.2 Å². The summed E-state index contributed by atoms with van der Waals surface area (Å²) >= 11 is 0. The molecule has 4 atom stereocenters. The fourth-order valence-corrected chi connectivity index (χ4v) is 6.55. The molecular weight excluding hydrogens is 440 g/mol. The Morgan fingerprint density at radius 3 is 2.65 bits per heavy atom. The highest BCUT2D eigenvalue weighted by Gasteiger charge is 2.74. The van der Waals surface area contributed by atoms with E-state index < -0.39 is 28.2 Å². The number of imide groups is 1. The van der Waals surface area contributed by atoms with Crippen LogP contribution in [0.5, 0.6) is 5.75 Å². The van der Waals surface area contributed by atoms with Gasteiger partial charge in [-0.25, -0.2) is 4.90 Å². The maximum absolute atomic E-state index is 14.0. The van der Waals surface area contributed by atoms with Gasteiger partial charge in [0.25, 0.3) is 5.69 Å². The van der Waals surface area contributed by atoms with Crippen molar-refractivity contribution in [2.45, 2.75) is 31.3 Å². The lowest BCUT2D eigenvalue weighted by molar-refractivity contribution is -0.384. The number of nitro groups is 1. The minimum Gasteiger partial charge on any atom is -0.497 e. The lowest BCUT2D eigenvalue weighted by Gasteiger charge is -2.36. The monoisotopic (exact) mass is 462 g/mol. The molecule has 6 rings (SSSR count). The second-order valence-corrected chi connectivity index (χ2v) is 9.28. The Hall–Kier alpha value is -3.79. The maximum atomic E-state index is 14.0. The minimum atomic E-state index is -1.30. The molecule has 4 aliphatic heterocycles. The van der Waals surface area contributed by atoms with Crippen molar-refractivity contribution in [3.05, 3.63) is 57.6 Å². The SMILES string of the molecule is COc1ccc2c(c1)[C@]1(C(=O)N2)[C@@H]2C(=O)N(c3ccc([N+](=O)[O-])cc3C)C(=O)[C@H]2[C@H]2CCCN21. The first-order chi connectivity index (χ1) is 16.3. The Morgan fingerprint density at radius 1 is 1.15 bits per heavy atom. The predicted octanol–water partition coefficient (Wildman–Crippen LogP) is 2.34. The Bertz CT molecular complexity index is 1310. The van der Waals surface area contributed by atoms with E-state index in [4.69, 9.17) is 4.74 Å². The van der Waals surface area contributed by atoms with Crippen molar-refractivity contribution in [3.8, 4) is 5.75 Å². The number of fused-ring (bicyclic) bond motifs is 7. The molecule has 0 aromatic heterocycles. The van der Waals surface area contributed by atoms with Crippen LogP contribution < -0.4 is 15.0 Å². The zero-order valence-electron chi connectivity index (χ0n) is 18.6. The lowest BCUT2D eigenvalue weighted by atomic mass is 9.75. The Morgan fingerprint density at radius 2 is 1.94 bits per heavy atom. The quantitative estimate of drug-likeness (QED) is 0.422. The highest BCUT2D eigenvalue weighted by molar-refractivity contribution is 6.26. The van der Waals surface area contributed by atoms with Gasteiger partial charge in [0.15, 0.2) is 0 Å². The average Bonchev–Trinajstić information content (AvgIpc) is 3.52. The summed E-state index contributed by atoms with van der Waals surface area (Å²) in [5.41, 5.74) is 0.619. The van der Waals surface area contributed by atoms with Crippen molar-refractivity contribution in [3.63, 3.8) is 0 Å². The van der Waals surface area contributed by atoms with Gasteiger partial charge in [-0.15, -0.1) is 0 Å². The van der Waals surface area contributed by atoms with Gasteiger partial charge in [0.2, 0.25) is 17.7 Å². The van der Waals surface area contributed by atoms with Crippen LogP contribution in [-0.2, 0) is 19.9 Å². The van der Waals surface area contributed by atoms with Gasteiger partial charge in [0.1, 0.15) is 11.3 Å². The van der Waals surface area contributed by atoms with Crippen molar-refractivity contribution < 1.29 is 24.0 Å². The van der Waals surface area contributed by atoms with Crippen LogP contribution in [0.25, 0.3) is 0 Å². The number of nitro benzene ring substituents is 1. The van der Waals surface area contributed by atoms with Gasteiger partial charge in [-0.3, -0.25) is 29.4 Å². The van der Waals surface area contributed by atoms with Gasteiger partial charge in [-0.1, -0.05) is 0 Å². The maximum Gasteiger partial charge on any atom is 0.269 e. The Balaban J connectivity index is 1.53. The zero-order valence-corrected chi connectivity index (χ0v) is 18.6. The number of hydrogen-bond acceptors (Lipinski definition) is 7. The fourth-order valence-electron chi connectivity index (χ4n) is 6.55. The van der Waals surface area contributed by atoms with Gasteiger partial charge in [-0.2, -0.15) is 0 Å². The number of carbonyl (C=O) groups excluding carboxylic acids is 3. The highest BCUT2D eigenvalue weighted by atomic mass is 16.6. The smallest absolute Gasteiger partial charge is 0.269 e. The van der Waals surface area contributed by atoms with E-state index in [1.54, 1.807) is 25.1 Å². The Labute approximate surface area is 194 Å². The van der Waals surface area contributed by atoms with Crippen LogP contribution in [0, 0.1) is 28.9 Å². The fraction of sp³-hybridized carbons (Fsp3) is 0.375. The number of carbonyl (C=O) groups is 3. The summed E-state index contributed by atoms with van der Waals surface area (Å²) in [4.78, 5) is 55.3. The molecule has 1 N–H and O–H groups in total. The third kappa shape index (κ3) is 2.35. The summed E-state index contributed by atoms with van der Waals surface area (Å²) in [5.74, 6) is -2.12. The number of benzene rings is 2. The van der Waals surface area contributed by atoms with E-state index in [1.165, 1.54) is 25.3 Å². The molecule has 1 spiro atoms. The van der Waals surface area contributed by atoms with E-state index in [1.807, 2.05) is 4.90 Å². The molecule has 3 fully saturated rings. The number of anilines is 2. The third-order valence-electron chi connectivity index (χ3n) is 7.83. The van der Waals surface area contributed by atoms with Crippen molar-refractivity contribution in [1.29, 1.82) is 0 Å². The van der Waals surface area contributed by atoms with E-state index in [9.17, 15) is 24.5 Å². The molecule has 10 heteroatoms. The first kappa shape index (κ1) is 20.8. The summed E-state index contributed by atoms with van der Waals surface area (Å²) in [5, 5.41) is 14.1. The lowest BCUT2D eigenvalue weighted by Crippen LogP contribution is -2.54. The second-order valence-electron chi connectivity index (χ2n) is 9.28. The predicted molar refractivity (Wildman–Crippen MR) is 120 cm³/mol. The molecule has 0 bridgehead atoms. The number of amides is 3. The van der Waals surface area contributed by atoms with Crippen LogP contribution in [0.1, 0.15) is 24.0 Å². The van der Waals surface area contributed by atoms with E-state index in [0.29, 0.717) is 41.2 Å². The van der Waals surface area contributed by atoms with E-state index in [2.05, 4.69) is 5.32 Å². The number of nitrogens with one attached hydrogen (secondary N) is 1. The zero-order chi connectivity index (χ0) is 23.9. The molecule has 0 aliphatic carbocycles. The van der Waals surface area contributed by atoms with Crippen molar-refractivity contribution in [1.82, 2.24) is 4.90 Å². The topological polar surface area (TPSA) is 122 Å². The van der Waals surface area contributed by atoms with Gasteiger partial charge >= 0.3 is 0 Å². The molecule has 34 heavy (non-hydrogen) atoms. The molecule has 4 heterocycles. The molecule has 2 aromatic carbocycles. The second kappa shape index (κ2) is 6.86. The molecule has 0 saturated carbocycles. The number of aryl methyl sites for hydroxylation is 1. The largest absolute Gasteiger partial charge is 0.497 e. The van der Waals surface area contributed by atoms with Crippen LogP contribution >= 0.6 is 0 Å². The van der Waals surface area contributed by atoms with Gasteiger partial charge in [0, 0.05) is 29.4 Å². The summed E-state index contributed by atoms with van der Waals surface area (Å²) in [7, 11) is 1.54. The first-order valence-corrected chi connectivity index (χ1v) is 11.2. The van der Waals surface area contributed by atoms with Gasteiger partial charge < -0.3 is 10.1 Å². The molecule has 3 saturated heterocycles. The van der Waals surface area contributed by atoms with Gasteiger partial charge in [0.05, 0.1) is 29.6 Å². The number of methoxy groups -OCH3 is 1. The number of nitrogens with zero attached hydrogens (tertiary/aromatic N) is 3. The standard InChI is InChI=1S/C24H22N4O6/c1-12-10-13(28(32)33)5-8-17(12)27-21(29)19-18-4-3-9-26(18)24(20(19)22(27)30)15-11-14(34-2)6-7-16(15)25-23(24)31/h5-8,10-11,18-20H,3-4,9H2,1-2H3,(H,25,31)/t18-,19+,20+,24-/m1/s1. The number of rotatable bonds is 3. The van der Waals surface area contributed by atoms with Crippen LogP contribution in [0.3, 0.4) is 0 Å². The number of ether oxygens (including phenoxy) is 1. The summed E-state index contributed by atoms with van der Waals surface area (Å²) in [6, 6.07) is 9.13. The van der Waals surface area contributed by atoms with E-state index in [0.717, 1.165) is 11.3 Å². The van der Waals surface area contributed by atoms with Crippen LogP contribution in [0.2, 0.25) is 0 Å². The minimum absolute atomic E-state index is 0.116. The first-order valence-electron chi connectivity index (χ1n) is 11.2. The molecule has 4 aliphatic rings. The third-order valence-corrected chi connectivity index (χ3v) is 7.83. The highest BCUT2D eigenvalue weighted by Crippen LogP contribution is 2.61. The molecule has 174 valence electrons. The van der Waals surface area contributed by atoms with Crippen LogP contribution in [0.15, 0.2) is 36.4 Å². The number of hydrogen-bond donors (Lipinski definition) is 1. The van der Waals surface area contributed by atoms with Crippen molar-refractivity contribution in [2.24, 2.45) is 11.8 Å². The van der Waals surface area contributed by atoms with Crippen LogP contribution in [0.4, 0.5) is 17.1 Å². The van der Waals surface area contributed by atoms with Crippen molar-refractivity contribution >= 4 is 34.8 Å². The van der Waals surface area contributed by atoms with E-state index in [-0.39, 0.29) is 23.5 Å². The summed E-state index contributed by atoms with van der Waals surface area (Å²) in [6.45, 7) is 2.25. The molecule has 0 unspecified atom stereocenters. The number of non-ortho nitro benzene ring substituents is 1. The molecular formula is C24H22N4O6. The Kier molecular flexibility index (Phi) is 4.20. The molecule has 10 nitrogen and oxygen atoms in total. The molecule has 2 aromatic rings.